The average Bonchev–Trinajstić information content (AvgIpc) is 3.04. The first-order valence-corrected chi connectivity index (χ1v) is 10.2. The Bertz CT molecular complexity index is 938. The van der Waals surface area contributed by atoms with Crippen LogP contribution in [0.5, 0.6) is 0 Å². The molecule has 3 heterocycles. The van der Waals surface area contributed by atoms with Crippen molar-refractivity contribution in [3.8, 4) is 0 Å². The van der Waals surface area contributed by atoms with Crippen molar-refractivity contribution in [3.05, 3.63) is 35.0 Å². The van der Waals surface area contributed by atoms with Crippen LogP contribution >= 0.6 is 11.3 Å². The number of hydrogen-bond donors (Lipinski definition) is 3. The predicted molar refractivity (Wildman–Crippen MR) is 111 cm³/mol. The third-order valence-corrected chi connectivity index (χ3v) is 5.96. The van der Waals surface area contributed by atoms with Crippen LogP contribution in [-0.2, 0) is 0 Å². The van der Waals surface area contributed by atoms with E-state index in [1.54, 1.807) is 11.3 Å². The normalized spacial score (nSPS) is 22.7. The number of aliphatic hydroxyl groups is 1. The summed E-state index contributed by atoms with van der Waals surface area (Å²) >= 11 is 1.65. The van der Waals surface area contributed by atoms with E-state index in [4.69, 9.17) is 4.98 Å². The zero-order valence-corrected chi connectivity index (χ0v) is 16.7. The van der Waals surface area contributed by atoms with Gasteiger partial charge in [-0.1, -0.05) is 0 Å². The molecule has 0 unspecified atom stereocenters. The fraction of sp³-hybridized carbons (Fsp3) is 0.450. The van der Waals surface area contributed by atoms with Crippen molar-refractivity contribution in [1.29, 1.82) is 0 Å². The van der Waals surface area contributed by atoms with Gasteiger partial charge in [-0.3, -0.25) is 4.98 Å². The van der Waals surface area contributed by atoms with Crippen LogP contribution in [0.25, 0.3) is 10.2 Å². The van der Waals surface area contributed by atoms with E-state index in [1.165, 1.54) is 0 Å². The molecule has 142 valence electrons. The number of nitrogens with zero attached hydrogens (tertiary/aromatic N) is 3. The van der Waals surface area contributed by atoms with E-state index < -0.39 is 5.60 Å². The zero-order chi connectivity index (χ0) is 19.0. The van der Waals surface area contributed by atoms with Crippen LogP contribution in [0.3, 0.4) is 0 Å². The molecule has 0 bridgehead atoms. The molecule has 0 spiro atoms. The molecule has 1 aliphatic carbocycles. The molecule has 0 amide bonds. The lowest BCUT2D eigenvalue weighted by molar-refractivity contribution is 0.0196. The van der Waals surface area contributed by atoms with Crippen LogP contribution in [0.4, 0.5) is 17.5 Å². The lowest BCUT2D eigenvalue weighted by atomic mass is 9.84. The monoisotopic (exact) mass is 383 g/mol. The van der Waals surface area contributed by atoms with Gasteiger partial charge < -0.3 is 15.7 Å². The molecule has 4 rings (SSSR count). The number of fused-ring (bicyclic) bond motifs is 1. The lowest BCUT2D eigenvalue weighted by Gasteiger charge is -2.33. The van der Waals surface area contributed by atoms with Crippen molar-refractivity contribution < 1.29 is 5.11 Å². The number of hydrogen-bond acceptors (Lipinski definition) is 7. The van der Waals surface area contributed by atoms with E-state index in [2.05, 4.69) is 20.6 Å². The minimum atomic E-state index is -0.536. The Morgan fingerprint density at radius 2 is 1.81 bits per heavy atom. The molecule has 7 heteroatoms. The Hall–Kier alpha value is -2.25. The summed E-state index contributed by atoms with van der Waals surface area (Å²) in [6, 6.07) is 6.32. The molecule has 0 atom stereocenters. The molecule has 1 fully saturated rings. The van der Waals surface area contributed by atoms with E-state index in [-0.39, 0.29) is 0 Å². The van der Waals surface area contributed by atoms with Gasteiger partial charge in [0.05, 0.1) is 15.8 Å². The van der Waals surface area contributed by atoms with E-state index in [0.29, 0.717) is 12.0 Å². The van der Waals surface area contributed by atoms with Crippen molar-refractivity contribution in [1.82, 2.24) is 15.0 Å². The standard InChI is InChI=1S/C20H25N5OS/c1-12-10-15(11-13(2)21-12)23-19-24-16-6-9-27-17(16)18(25-19)22-14-4-7-20(3,26)8-5-14/h6,9-11,14,26H,4-5,7-8H2,1-3H3,(H2,21,22,23,24,25). The van der Waals surface area contributed by atoms with Gasteiger partial charge in [-0.05, 0) is 70.0 Å². The number of thiophene rings is 1. The first kappa shape index (κ1) is 18.1. The smallest absolute Gasteiger partial charge is 0.229 e. The minimum absolute atomic E-state index is 0.323. The van der Waals surface area contributed by atoms with E-state index >= 15 is 0 Å². The summed E-state index contributed by atoms with van der Waals surface area (Å²) in [4.78, 5) is 13.8. The van der Waals surface area contributed by atoms with Crippen molar-refractivity contribution in [2.75, 3.05) is 10.6 Å². The Labute approximate surface area is 163 Å². The number of anilines is 3. The van der Waals surface area contributed by atoms with Gasteiger partial charge >= 0.3 is 0 Å². The third kappa shape index (κ3) is 4.20. The highest BCUT2D eigenvalue weighted by Crippen LogP contribution is 2.33. The fourth-order valence-corrected chi connectivity index (χ4v) is 4.41. The first-order valence-electron chi connectivity index (χ1n) is 9.34. The maximum absolute atomic E-state index is 10.2. The quantitative estimate of drug-likeness (QED) is 0.613. The Balaban J connectivity index is 1.60. The fourth-order valence-electron chi connectivity index (χ4n) is 3.63. The molecular formula is C20H25N5OS. The molecule has 3 aromatic heterocycles. The molecule has 0 radical (unpaired) electrons. The van der Waals surface area contributed by atoms with Crippen molar-refractivity contribution >= 4 is 39.0 Å². The summed E-state index contributed by atoms with van der Waals surface area (Å²) in [7, 11) is 0. The molecule has 3 N–H and O–H groups in total. The summed E-state index contributed by atoms with van der Waals surface area (Å²) in [6.45, 7) is 5.88. The molecule has 27 heavy (non-hydrogen) atoms. The molecule has 0 aliphatic heterocycles. The van der Waals surface area contributed by atoms with Crippen molar-refractivity contribution in [2.45, 2.75) is 58.1 Å². The summed E-state index contributed by atoms with van der Waals surface area (Å²) < 4.78 is 1.07. The summed E-state index contributed by atoms with van der Waals surface area (Å²) in [5.41, 5.74) is 3.26. The summed E-state index contributed by atoms with van der Waals surface area (Å²) in [5.74, 6) is 1.45. The van der Waals surface area contributed by atoms with Crippen LogP contribution in [0.15, 0.2) is 23.6 Å². The van der Waals surface area contributed by atoms with E-state index in [0.717, 1.165) is 58.8 Å². The van der Waals surface area contributed by atoms with Crippen LogP contribution in [0.1, 0.15) is 44.0 Å². The van der Waals surface area contributed by atoms with Gasteiger partial charge in [0, 0.05) is 23.1 Å². The maximum atomic E-state index is 10.2. The molecule has 1 aliphatic rings. The topological polar surface area (TPSA) is 83.0 Å². The van der Waals surface area contributed by atoms with Crippen LogP contribution in [0, 0.1) is 13.8 Å². The minimum Gasteiger partial charge on any atom is -0.390 e. The molecule has 3 aromatic rings. The molecule has 1 saturated carbocycles. The Kier molecular flexibility index (Phi) is 4.74. The molecule has 0 aromatic carbocycles. The summed E-state index contributed by atoms with van der Waals surface area (Å²) in [6.07, 6.45) is 3.50. The number of aromatic nitrogens is 3. The largest absolute Gasteiger partial charge is 0.390 e. The average molecular weight is 384 g/mol. The van der Waals surface area contributed by atoms with Gasteiger partial charge in [-0.25, -0.2) is 4.98 Å². The van der Waals surface area contributed by atoms with Crippen LogP contribution < -0.4 is 10.6 Å². The number of aryl methyl sites for hydroxylation is 2. The SMILES string of the molecule is Cc1cc(Nc2nc(NC3CCC(C)(O)CC3)c3sccc3n2)cc(C)n1. The van der Waals surface area contributed by atoms with E-state index in [9.17, 15) is 5.11 Å². The lowest BCUT2D eigenvalue weighted by Crippen LogP contribution is -2.35. The van der Waals surface area contributed by atoms with Gasteiger partial charge in [-0.15, -0.1) is 11.3 Å². The Morgan fingerprint density at radius 1 is 1.11 bits per heavy atom. The number of pyridine rings is 1. The van der Waals surface area contributed by atoms with Gasteiger partial charge in [-0.2, -0.15) is 4.98 Å². The predicted octanol–water partition coefficient (Wildman–Crippen LogP) is 4.55. The highest BCUT2D eigenvalue weighted by atomic mass is 32.1. The van der Waals surface area contributed by atoms with Gasteiger partial charge in [0.1, 0.15) is 5.82 Å². The van der Waals surface area contributed by atoms with Crippen molar-refractivity contribution in [2.24, 2.45) is 0 Å². The van der Waals surface area contributed by atoms with Crippen LogP contribution in [0.2, 0.25) is 0 Å². The second kappa shape index (κ2) is 7.05. The molecule has 0 saturated heterocycles. The first-order chi connectivity index (χ1) is 12.9. The maximum Gasteiger partial charge on any atom is 0.229 e. The Morgan fingerprint density at radius 3 is 2.52 bits per heavy atom. The number of nitrogens with one attached hydrogen (secondary N) is 2. The summed E-state index contributed by atoms with van der Waals surface area (Å²) in [5, 5.41) is 19.1. The van der Waals surface area contributed by atoms with E-state index in [1.807, 2.05) is 44.4 Å². The third-order valence-electron chi connectivity index (χ3n) is 5.04. The second-order valence-corrected chi connectivity index (χ2v) is 8.63. The molecular weight excluding hydrogens is 358 g/mol. The zero-order valence-electron chi connectivity index (χ0n) is 15.9. The highest BCUT2D eigenvalue weighted by molar-refractivity contribution is 7.17. The van der Waals surface area contributed by atoms with Crippen molar-refractivity contribution in [3.63, 3.8) is 0 Å². The second-order valence-electron chi connectivity index (χ2n) is 7.71. The highest BCUT2D eigenvalue weighted by Gasteiger charge is 2.29. The number of rotatable bonds is 4. The van der Waals surface area contributed by atoms with Gasteiger partial charge in [0.15, 0.2) is 0 Å². The van der Waals surface area contributed by atoms with Gasteiger partial charge in [0.2, 0.25) is 5.95 Å². The van der Waals surface area contributed by atoms with Crippen LogP contribution in [-0.4, -0.2) is 31.7 Å². The molecule has 6 nitrogen and oxygen atoms in total. The van der Waals surface area contributed by atoms with Gasteiger partial charge in [0.25, 0.3) is 0 Å².